The van der Waals surface area contributed by atoms with Crippen molar-refractivity contribution in [2.24, 2.45) is 5.92 Å². The fraction of sp³-hybridized carbons (Fsp3) is 0.312. The SMILES string of the molecule is C1=CC2C=CC3=C2C=C1CCCCNNNc1cc3nnn1. The number of allylic oxidation sites excluding steroid dienone is 8. The van der Waals surface area contributed by atoms with E-state index < -0.39 is 0 Å². The molecule has 2 heterocycles. The molecule has 22 heavy (non-hydrogen) atoms. The Bertz CT molecular complexity index is 700. The van der Waals surface area contributed by atoms with Gasteiger partial charge in [-0.05, 0) is 35.6 Å². The lowest BCUT2D eigenvalue weighted by molar-refractivity contribution is 0.553. The van der Waals surface area contributed by atoms with Gasteiger partial charge in [0.2, 0.25) is 0 Å². The van der Waals surface area contributed by atoms with Crippen molar-refractivity contribution in [3.63, 3.8) is 0 Å². The molecule has 0 radical (unpaired) electrons. The highest BCUT2D eigenvalue weighted by molar-refractivity contribution is 5.82. The molecule has 1 aliphatic heterocycles. The van der Waals surface area contributed by atoms with Crippen molar-refractivity contribution in [2.45, 2.75) is 19.3 Å². The van der Waals surface area contributed by atoms with Crippen LogP contribution >= 0.6 is 0 Å². The van der Waals surface area contributed by atoms with E-state index in [-0.39, 0.29) is 0 Å². The number of aromatic nitrogens is 3. The van der Waals surface area contributed by atoms with Crippen LogP contribution in [0, 0.1) is 5.92 Å². The molecule has 1 aromatic heterocycles. The Hall–Kier alpha value is -2.31. The molecule has 6 heteroatoms. The molecule has 112 valence electrons. The van der Waals surface area contributed by atoms with Crippen molar-refractivity contribution in [1.82, 2.24) is 26.4 Å². The molecule has 0 amide bonds. The molecule has 6 nitrogen and oxygen atoms in total. The van der Waals surface area contributed by atoms with Crippen LogP contribution in [-0.4, -0.2) is 22.0 Å². The predicted molar refractivity (Wildman–Crippen MR) is 85.2 cm³/mol. The Morgan fingerprint density at radius 3 is 3.05 bits per heavy atom. The fourth-order valence-corrected chi connectivity index (χ4v) is 3.00. The van der Waals surface area contributed by atoms with Crippen molar-refractivity contribution in [1.29, 1.82) is 0 Å². The van der Waals surface area contributed by atoms with Crippen molar-refractivity contribution < 1.29 is 0 Å². The van der Waals surface area contributed by atoms with Gasteiger partial charge < -0.3 is 0 Å². The topological polar surface area (TPSA) is 74.8 Å². The van der Waals surface area contributed by atoms with Crippen LogP contribution in [0.1, 0.15) is 25.0 Å². The molecule has 4 rings (SSSR count). The Morgan fingerprint density at radius 2 is 2.05 bits per heavy atom. The Balaban J connectivity index is 1.76. The van der Waals surface area contributed by atoms with E-state index in [4.69, 9.17) is 0 Å². The zero-order chi connectivity index (χ0) is 14.8. The summed E-state index contributed by atoms with van der Waals surface area (Å²) < 4.78 is 0. The van der Waals surface area contributed by atoms with E-state index in [0.717, 1.165) is 37.1 Å². The highest BCUT2D eigenvalue weighted by Gasteiger charge is 2.22. The van der Waals surface area contributed by atoms with Gasteiger partial charge in [0.15, 0.2) is 5.82 Å². The third kappa shape index (κ3) is 2.58. The molecular formula is C16H18N6. The van der Waals surface area contributed by atoms with Crippen LogP contribution in [0.5, 0.6) is 0 Å². The average molecular weight is 294 g/mol. The number of nitrogens with zero attached hydrogens (tertiary/aromatic N) is 3. The molecule has 3 N–H and O–H groups in total. The lowest BCUT2D eigenvalue weighted by Gasteiger charge is -2.16. The molecule has 0 spiro atoms. The first-order chi connectivity index (χ1) is 10.9. The van der Waals surface area contributed by atoms with Crippen LogP contribution in [0.15, 0.2) is 47.6 Å². The second kappa shape index (κ2) is 5.82. The van der Waals surface area contributed by atoms with Crippen LogP contribution in [0.2, 0.25) is 0 Å². The van der Waals surface area contributed by atoms with E-state index in [1.54, 1.807) is 0 Å². The van der Waals surface area contributed by atoms with Gasteiger partial charge in [0.05, 0.1) is 5.69 Å². The number of fused-ring (bicyclic) bond motifs is 3. The van der Waals surface area contributed by atoms with Crippen molar-refractivity contribution in [3.8, 4) is 0 Å². The van der Waals surface area contributed by atoms with E-state index in [1.165, 1.54) is 11.1 Å². The van der Waals surface area contributed by atoms with Crippen LogP contribution < -0.4 is 16.4 Å². The molecule has 3 aliphatic rings. The van der Waals surface area contributed by atoms with Gasteiger partial charge in [-0.3, -0.25) is 5.43 Å². The summed E-state index contributed by atoms with van der Waals surface area (Å²) in [6, 6.07) is 1.91. The van der Waals surface area contributed by atoms with Crippen molar-refractivity contribution in [2.75, 3.05) is 12.0 Å². The summed E-state index contributed by atoms with van der Waals surface area (Å²) in [5, 5.41) is 12.0. The molecule has 0 aromatic carbocycles. The van der Waals surface area contributed by atoms with Gasteiger partial charge >= 0.3 is 0 Å². The quantitative estimate of drug-likeness (QED) is 0.679. The molecule has 0 saturated carbocycles. The smallest absolute Gasteiger partial charge is 0.167 e. The molecule has 1 aromatic rings. The van der Waals surface area contributed by atoms with Gasteiger partial charge in [-0.15, -0.1) is 10.2 Å². The highest BCUT2D eigenvalue weighted by atomic mass is 15.6. The first kappa shape index (κ1) is 13.4. The maximum absolute atomic E-state index is 4.19. The second-order valence-corrected chi connectivity index (χ2v) is 5.67. The summed E-state index contributed by atoms with van der Waals surface area (Å²) in [6.45, 7) is 0.896. The Kier molecular flexibility index (Phi) is 3.54. The van der Waals surface area contributed by atoms with Crippen molar-refractivity contribution in [3.05, 3.63) is 53.3 Å². The summed E-state index contributed by atoms with van der Waals surface area (Å²) in [7, 11) is 0. The lowest BCUT2D eigenvalue weighted by atomic mass is 9.90. The molecule has 0 fully saturated rings. The first-order valence-electron chi connectivity index (χ1n) is 7.66. The second-order valence-electron chi connectivity index (χ2n) is 5.67. The normalized spacial score (nSPS) is 23.8. The summed E-state index contributed by atoms with van der Waals surface area (Å²) in [4.78, 5) is 0. The molecular weight excluding hydrogens is 276 g/mol. The van der Waals surface area contributed by atoms with E-state index in [2.05, 4.69) is 62.2 Å². The first-order valence-corrected chi connectivity index (χ1v) is 7.66. The zero-order valence-corrected chi connectivity index (χ0v) is 12.2. The number of rotatable bonds is 0. The minimum absolute atomic E-state index is 0.359. The van der Waals surface area contributed by atoms with Gasteiger partial charge in [-0.2, -0.15) is 5.53 Å². The van der Waals surface area contributed by atoms with Gasteiger partial charge in [0.25, 0.3) is 0 Å². The largest absolute Gasteiger partial charge is 0.291 e. The molecule has 1 atom stereocenters. The summed E-state index contributed by atoms with van der Waals surface area (Å²) in [6.07, 6.45) is 14.6. The van der Waals surface area contributed by atoms with Gasteiger partial charge in [-0.1, -0.05) is 30.4 Å². The standard InChI is InChI=1S/C16H18N6/c1-2-8-17-21-19-16-10-15(18-22-20-16)13-7-6-12-5-4-11(3-1)9-14(12)13/h4-7,9-10,12,17,21H,1-3,8H2,(H,18,19,20). The van der Waals surface area contributed by atoms with Crippen LogP contribution in [-0.2, 0) is 0 Å². The Labute approximate surface area is 129 Å². The third-order valence-corrected chi connectivity index (χ3v) is 4.15. The molecule has 1 unspecified atom stereocenters. The average Bonchev–Trinajstić information content (AvgIpc) is 2.97. The maximum atomic E-state index is 4.19. The zero-order valence-electron chi connectivity index (χ0n) is 12.2. The number of hydrogen-bond donors (Lipinski definition) is 3. The minimum Gasteiger partial charge on any atom is -0.291 e. The fourth-order valence-electron chi connectivity index (χ4n) is 3.00. The minimum atomic E-state index is 0.359. The Morgan fingerprint density at radius 1 is 1.09 bits per heavy atom. The number of anilines is 1. The van der Waals surface area contributed by atoms with E-state index in [9.17, 15) is 0 Å². The summed E-state index contributed by atoms with van der Waals surface area (Å²) in [5.41, 5.74) is 13.8. The predicted octanol–water partition coefficient (Wildman–Crippen LogP) is 1.91. The third-order valence-electron chi connectivity index (χ3n) is 4.15. The van der Waals surface area contributed by atoms with E-state index >= 15 is 0 Å². The molecule has 2 aliphatic carbocycles. The number of hydrogen-bond acceptors (Lipinski definition) is 6. The number of nitrogens with one attached hydrogen (secondary N) is 3. The van der Waals surface area contributed by atoms with E-state index in [1.807, 2.05) is 6.07 Å². The van der Waals surface area contributed by atoms with Gasteiger partial charge in [-0.25, -0.2) is 5.43 Å². The lowest BCUT2D eigenvalue weighted by Crippen LogP contribution is -2.37. The summed E-state index contributed by atoms with van der Waals surface area (Å²) >= 11 is 0. The highest BCUT2D eigenvalue weighted by Crippen LogP contribution is 2.37. The number of hydrazine groups is 2. The molecule has 4 bridgehead atoms. The van der Waals surface area contributed by atoms with Gasteiger partial charge in [0, 0.05) is 24.1 Å². The molecule has 0 saturated heterocycles. The van der Waals surface area contributed by atoms with Crippen LogP contribution in [0.4, 0.5) is 5.82 Å². The van der Waals surface area contributed by atoms with Gasteiger partial charge in [0.1, 0.15) is 0 Å². The van der Waals surface area contributed by atoms with Crippen molar-refractivity contribution >= 4 is 11.4 Å². The van der Waals surface area contributed by atoms with E-state index in [0.29, 0.717) is 11.7 Å². The van der Waals surface area contributed by atoms with Crippen LogP contribution in [0.25, 0.3) is 5.57 Å². The maximum Gasteiger partial charge on any atom is 0.167 e. The monoisotopic (exact) mass is 294 g/mol. The van der Waals surface area contributed by atoms with Crippen LogP contribution in [0.3, 0.4) is 0 Å². The summed E-state index contributed by atoms with van der Waals surface area (Å²) in [5.74, 6) is 1.01.